The number of benzene rings is 5. The molecule has 0 saturated carbocycles. The van der Waals surface area contributed by atoms with Crippen molar-refractivity contribution in [2.75, 3.05) is 24.0 Å². The van der Waals surface area contributed by atoms with Gasteiger partial charge in [-0.2, -0.15) is 0 Å². The van der Waals surface area contributed by atoms with E-state index in [1.165, 1.54) is 11.1 Å². The lowest BCUT2D eigenvalue weighted by molar-refractivity contribution is 0.0592. The van der Waals surface area contributed by atoms with E-state index in [2.05, 4.69) is 36.1 Å². The minimum absolute atomic E-state index is 0.0161. The maximum Gasteiger partial charge on any atom is 0.409 e. The average Bonchev–Trinajstić information content (AvgIpc) is 3.11. The molecule has 5 aromatic carbocycles. The van der Waals surface area contributed by atoms with E-state index in [-0.39, 0.29) is 29.7 Å². The molecule has 1 saturated heterocycles. The number of rotatable bonds is 11. The van der Waals surface area contributed by atoms with Crippen LogP contribution in [0, 0.1) is 0 Å². The number of carbonyl (C=O) groups excluding carboxylic acids is 1. The predicted molar refractivity (Wildman–Crippen MR) is 188 cm³/mol. The molecule has 0 bridgehead atoms. The summed E-state index contributed by atoms with van der Waals surface area (Å²) >= 11 is 0. The number of sulfonamides is 1. The van der Waals surface area contributed by atoms with Gasteiger partial charge in [-0.15, -0.1) is 0 Å². The van der Waals surface area contributed by atoms with Crippen molar-refractivity contribution in [1.29, 1.82) is 0 Å². The first kappa shape index (κ1) is 32.3. The Labute approximate surface area is 278 Å². The number of anilines is 1. The van der Waals surface area contributed by atoms with E-state index in [4.69, 9.17) is 4.74 Å². The van der Waals surface area contributed by atoms with Crippen LogP contribution in [0.3, 0.4) is 0 Å². The summed E-state index contributed by atoms with van der Waals surface area (Å²) in [7, 11) is -3.87. The van der Waals surface area contributed by atoms with Gasteiger partial charge in [-0.25, -0.2) is 13.2 Å². The highest BCUT2D eigenvalue weighted by atomic mass is 32.2. The second kappa shape index (κ2) is 14.8. The lowest BCUT2D eigenvalue weighted by Gasteiger charge is -2.38. The summed E-state index contributed by atoms with van der Waals surface area (Å²) in [6.45, 7) is 4.63. The zero-order chi connectivity index (χ0) is 32.6. The summed E-state index contributed by atoms with van der Waals surface area (Å²) in [6.07, 6.45) is 0.638. The summed E-state index contributed by atoms with van der Waals surface area (Å²) < 4.78 is 35.8. The van der Waals surface area contributed by atoms with Gasteiger partial charge in [0.05, 0.1) is 10.6 Å². The molecule has 242 valence electrons. The van der Waals surface area contributed by atoms with Gasteiger partial charge in [0, 0.05) is 38.3 Å². The van der Waals surface area contributed by atoms with Gasteiger partial charge in [-0.1, -0.05) is 109 Å². The monoisotopic (exact) mass is 647 g/mol. The average molecular weight is 648 g/mol. The molecule has 0 N–H and O–H groups in total. The van der Waals surface area contributed by atoms with E-state index < -0.39 is 10.0 Å². The SMILES string of the molecule is CC(COC(=O)N1CCC(N(c2ccccc2)S(=O)(=O)c2ccc3ccccc3c2)CC1)N(Cc1ccccc1)Cc1ccccc1. The molecule has 47 heavy (non-hydrogen) atoms. The van der Waals surface area contributed by atoms with Crippen LogP contribution < -0.4 is 4.31 Å². The Morgan fingerprint density at radius 1 is 0.745 bits per heavy atom. The topological polar surface area (TPSA) is 70.2 Å². The highest BCUT2D eigenvalue weighted by molar-refractivity contribution is 7.92. The molecule has 1 heterocycles. The molecule has 8 heteroatoms. The third-order valence-electron chi connectivity index (χ3n) is 8.87. The number of fused-ring (bicyclic) bond motifs is 1. The van der Waals surface area contributed by atoms with Crippen molar-refractivity contribution < 1.29 is 17.9 Å². The summed E-state index contributed by atoms with van der Waals surface area (Å²) in [5.74, 6) is 0. The van der Waals surface area contributed by atoms with Crippen LogP contribution in [0.15, 0.2) is 138 Å². The molecule has 0 aliphatic carbocycles. The van der Waals surface area contributed by atoms with E-state index >= 15 is 0 Å². The predicted octanol–water partition coefficient (Wildman–Crippen LogP) is 7.73. The van der Waals surface area contributed by atoms with Crippen LogP contribution in [0.5, 0.6) is 0 Å². The first-order chi connectivity index (χ1) is 22.9. The molecule has 1 atom stereocenters. The standard InChI is InChI=1S/C39H41N3O4S/c1-31(41(28-32-13-5-2-6-14-32)29-33-15-7-3-8-16-33)30-46-39(43)40-25-23-37(24-26-40)42(36-19-9-4-10-20-36)47(44,45)38-22-21-34-17-11-12-18-35(34)27-38/h2-22,27,31,37H,23-26,28-30H2,1H3. The Bertz CT molecular complexity index is 1820. The van der Waals surface area contributed by atoms with E-state index in [1.54, 1.807) is 21.3 Å². The molecule has 1 unspecified atom stereocenters. The molecule has 7 nitrogen and oxygen atoms in total. The maximum absolute atomic E-state index is 14.2. The van der Waals surface area contributed by atoms with Crippen molar-refractivity contribution in [2.24, 2.45) is 0 Å². The molecule has 1 fully saturated rings. The van der Waals surface area contributed by atoms with Crippen molar-refractivity contribution >= 4 is 32.6 Å². The van der Waals surface area contributed by atoms with Crippen LogP contribution in [0.2, 0.25) is 0 Å². The van der Waals surface area contributed by atoms with Crippen LogP contribution in [0.25, 0.3) is 10.8 Å². The fourth-order valence-corrected chi connectivity index (χ4v) is 7.98. The first-order valence-corrected chi connectivity index (χ1v) is 17.6. The molecule has 6 rings (SSSR count). The minimum Gasteiger partial charge on any atom is -0.448 e. The largest absolute Gasteiger partial charge is 0.448 e. The molecule has 1 aliphatic heterocycles. The number of likely N-dealkylation sites (tertiary alicyclic amines) is 1. The number of amides is 1. The van der Waals surface area contributed by atoms with Crippen LogP contribution >= 0.6 is 0 Å². The number of para-hydroxylation sites is 1. The van der Waals surface area contributed by atoms with E-state index in [1.807, 2.05) is 97.1 Å². The molecular weight excluding hydrogens is 607 g/mol. The van der Waals surface area contributed by atoms with Gasteiger partial charge in [0.25, 0.3) is 10.0 Å². The quantitative estimate of drug-likeness (QED) is 0.147. The highest BCUT2D eigenvalue weighted by Gasteiger charge is 2.35. The summed E-state index contributed by atoms with van der Waals surface area (Å²) in [6, 6.07) is 42.6. The number of carbonyl (C=O) groups is 1. The molecule has 1 aliphatic rings. The van der Waals surface area contributed by atoms with Crippen LogP contribution in [0.4, 0.5) is 10.5 Å². The van der Waals surface area contributed by atoms with Crippen LogP contribution in [-0.2, 0) is 27.8 Å². The van der Waals surface area contributed by atoms with E-state index in [9.17, 15) is 13.2 Å². The van der Waals surface area contributed by atoms with E-state index in [0.29, 0.717) is 31.6 Å². The van der Waals surface area contributed by atoms with Crippen molar-refractivity contribution in [3.05, 3.63) is 145 Å². The van der Waals surface area contributed by atoms with Gasteiger partial charge >= 0.3 is 6.09 Å². The summed E-state index contributed by atoms with van der Waals surface area (Å²) in [4.78, 5) is 17.6. The Hall–Kier alpha value is -4.66. The number of nitrogens with zero attached hydrogens (tertiary/aromatic N) is 3. The van der Waals surface area contributed by atoms with Crippen LogP contribution in [-0.4, -0.2) is 56.1 Å². The fourth-order valence-electron chi connectivity index (χ4n) is 6.24. The lowest BCUT2D eigenvalue weighted by atomic mass is 10.0. The minimum atomic E-state index is -3.87. The third-order valence-corrected chi connectivity index (χ3v) is 10.7. The molecule has 0 aromatic heterocycles. The smallest absolute Gasteiger partial charge is 0.409 e. The van der Waals surface area contributed by atoms with Crippen molar-refractivity contribution in [3.8, 4) is 0 Å². The molecular formula is C39H41N3O4S. The fraction of sp³-hybridized carbons (Fsp3) is 0.256. The molecule has 0 radical (unpaired) electrons. The Morgan fingerprint density at radius 2 is 1.28 bits per heavy atom. The Kier molecular flexibility index (Phi) is 10.2. The Morgan fingerprint density at radius 3 is 1.87 bits per heavy atom. The maximum atomic E-state index is 14.2. The van der Waals surface area contributed by atoms with Gasteiger partial charge in [0.15, 0.2) is 0 Å². The number of piperidine rings is 1. The normalized spacial score (nSPS) is 14.6. The third kappa shape index (κ3) is 7.84. The Balaban J connectivity index is 1.11. The molecule has 1 amide bonds. The first-order valence-electron chi connectivity index (χ1n) is 16.2. The highest BCUT2D eigenvalue weighted by Crippen LogP contribution is 2.32. The van der Waals surface area contributed by atoms with Crippen molar-refractivity contribution in [2.45, 2.75) is 49.8 Å². The van der Waals surface area contributed by atoms with Gasteiger partial charge in [-0.05, 0) is 65.9 Å². The second-order valence-electron chi connectivity index (χ2n) is 12.2. The zero-order valence-corrected chi connectivity index (χ0v) is 27.5. The van der Waals surface area contributed by atoms with Gasteiger partial charge in [0.1, 0.15) is 6.61 Å². The van der Waals surface area contributed by atoms with Crippen LogP contribution in [0.1, 0.15) is 30.9 Å². The summed E-state index contributed by atoms with van der Waals surface area (Å²) in [5, 5.41) is 1.86. The molecule has 0 spiro atoms. The lowest BCUT2D eigenvalue weighted by Crippen LogP contribution is -2.49. The number of ether oxygens (including phenoxy) is 1. The van der Waals surface area contributed by atoms with Gasteiger partial charge < -0.3 is 9.64 Å². The number of hydrogen-bond acceptors (Lipinski definition) is 5. The van der Waals surface area contributed by atoms with Crippen molar-refractivity contribution in [1.82, 2.24) is 9.80 Å². The summed E-state index contributed by atoms with van der Waals surface area (Å²) in [5.41, 5.74) is 3.02. The second-order valence-corrected chi connectivity index (χ2v) is 14.0. The number of hydrogen-bond donors (Lipinski definition) is 0. The molecule has 5 aromatic rings. The zero-order valence-electron chi connectivity index (χ0n) is 26.7. The van der Waals surface area contributed by atoms with Gasteiger partial charge in [-0.3, -0.25) is 9.21 Å². The van der Waals surface area contributed by atoms with E-state index in [0.717, 1.165) is 23.9 Å². The van der Waals surface area contributed by atoms with Gasteiger partial charge in [0.2, 0.25) is 0 Å². The van der Waals surface area contributed by atoms with Crippen molar-refractivity contribution in [3.63, 3.8) is 0 Å².